The van der Waals surface area contributed by atoms with Crippen LogP contribution in [-0.4, -0.2) is 35.5 Å². The van der Waals surface area contributed by atoms with Crippen molar-refractivity contribution >= 4 is 40.8 Å². The molecular formula is C25H25NO2S3. The molecule has 0 spiro atoms. The molecule has 1 unspecified atom stereocenters. The lowest BCUT2D eigenvalue weighted by Gasteiger charge is -2.36. The lowest BCUT2D eigenvalue weighted by atomic mass is 9.93. The van der Waals surface area contributed by atoms with E-state index in [1.54, 1.807) is 11.3 Å². The largest absolute Gasteiger partial charge is 0.484 e. The Hall–Kier alpha value is -1.89. The van der Waals surface area contributed by atoms with E-state index in [1.165, 1.54) is 33.9 Å². The molecule has 160 valence electrons. The van der Waals surface area contributed by atoms with Crippen LogP contribution in [-0.2, 0) is 11.2 Å². The summed E-state index contributed by atoms with van der Waals surface area (Å²) < 4.78 is 6.43. The van der Waals surface area contributed by atoms with Crippen LogP contribution in [0.4, 0.5) is 0 Å². The fourth-order valence-electron chi connectivity index (χ4n) is 4.21. The first-order valence-electron chi connectivity index (χ1n) is 10.7. The van der Waals surface area contributed by atoms with Crippen molar-refractivity contribution in [2.75, 3.05) is 24.7 Å². The summed E-state index contributed by atoms with van der Waals surface area (Å²) in [7, 11) is 0. The molecule has 1 aromatic heterocycles. The molecule has 2 aromatic carbocycles. The average Bonchev–Trinajstić information content (AvgIpc) is 3.32. The molecule has 3 aromatic rings. The third-order valence-electron chi connectivity index (χ3n) is 5.74. The predicted molar refractivity (Wildman–Crippen MR) is 132 cm³/mol. The molecule has 0 radical (unpaired) electrons. The standard InChI is InChI=1S/C25H25NO2S3/c27-23(17-28-20-9-7-19(8-10-20)25-30-14-4-15-31-25)26-13-11-22-21(12-16-29-22)24(26)18-5-2-1-3-6-18/h1-3,5-10,12,16,24-25H,4,11,13-15,17H2. The van der Waals surface area contributed by atoms with Crippen LogP contribution in [0.15, 0.2) is 66.0 Å². The number of amides is 1. The first-order chi connectivity index (χ1) is 15.3. The van der Waals surface area contributed by atoms with Gasteiger partial charge in [-0.1, -0.05) is 42.5 Å². The molecule has 1 amide bonds. The molecular weight excluding hydrogens is 442 g/mol. The molecule has 0 saturated carbocycles. The van der Waals surface area contributed by atoms with Crippen LogP contribution in [0.1, 0.15) is 38.6 Å². The molecule has 1 atom stereocenters. The molecule has 0 aliphatic carbocycles. The second-order valence-electron chi connectivity index (χ2n) is 7.73. The van der Waals surface area contributed by atoms with Gasteiger partial charge in [-0.3, -0.25) is 4.79 Å². The van der Waals surface area contributed by atoms with Gasteiger partial charge >= 0.3 is 0 Å². The van der Waals surface area contributed by atoms with Gasteiger partial charge in [0.25, 0.3) is 5.91 Å². The maximum atomic E-state index is 13.2. The number of hydrogen-bond acceptors (Lipinski definition) is 5. The van der Waals surface area contributed by atoms with Crippen molar-refractivity contribution in [1.82, 2.24) is 4.90 Å². The van der Waals surface area contributed by atoms with Gasteiger partial charge in [-0.15, -0.1) is 34.9 Å². The molecule has 6 heteroatoms. The Balaban J connectivity index is 1.27. The Morgan fingerprint density at radius 2 is 1.74 bits per heavy atom. The van der Waals surface area contributed by atoms with E-state index in [-0.39, 0.29) is 18.6 Å². The van der Waals surface area contributed by atoms with Crippen molar-refractivity contribution in [3.8, 4) is 5.75 Å². The molecule has 0 N–H and O–H groups in total. The Bertz CT molecular complexity index is 1010. The molecule has 0 bridgehead atoms. The fourth-order valence-corrected chi connectivity index (χ4v) is 8.01. The number of hydrogen-bond donors (Lipinski definition) is 0. The van der Waals surface area contributed by atoms with Crippen LogP contribution in [0, 0.1) is 0 Å². The van der Waals surface area contributed by atoms with Gasteiger partial charge in [0.1, 0.15) is 5.75 Å². The van der Waals surface area contributed by atoms with Crippen LogP contribution in [0.5, 0.6) is 5.75 Å². The molecule has 1 fully saturated rings. The zero-order chi connectivity index (χ0) is 21.0. The van der Waals surface area contributed by atoms with E-state index < -0.39 is 0 Å². The summed E-state index contributed by atoms with van der Waals surface area (Å²) in [5, 5.41) is 2.13. The van der Waals surface area contributed by atoms with Crippen molar-refractivity contribution in [1.29, 1.82) is 0 Å². The summed E-state index contributed by atoms with van der Waals surface area (Å²) in [6, 6.07) is 20.7. The van der Waals surface area contributed by atoms with Gasteiger partial charge < -0.3 is 9.64 Å². The number of carbonyl (C=O) groups excluding carboxylic acids is 1. The Kier molecular flexibility index (Phi) is 6.58. The van der Waals surface area contributed by atoms with Gasteiger partial charge in [0.05, 0.1) is 10.6 Å². The number of benzene rings is 2. The third kappa shape index (κ3) is 4.66. The van der Waals surface area contributed by atoms with Gasteiger partial charge in [0, 0.05) is 11.4 Å². The Labute approximate surface area is 196 Å². The minimum absolute atomic E-state index is 0.0324. The normalized spacial score (nSPS) is 19.1. The van der Waals surface area contributed by atoms with E-state index in [1.807, 2.05) is 58.8 Å². The third-order valence-corrected chi connectivity index (χ3v) is 9.75. The summed E-state index contributed by atoms with van der Waals surface area (Å²) in [6.07, 6.45) is 2.20. The van der Waals surface area contributed by atoms with Gasteiger partial charge in [-0.2, -0.15) is 0 Å². The van der Waals surface area contributed by atoms with Crippen molar-refractivity contribution in [2.24, 2.45) is 0 Å². The quantitative estimate of drug-likeness (QED) is 0.449. The van der Waals surface area contributed by atoms with Gasteiger partial charge in [0.2, 0.25) is 0 Å². The monoisotopic (exact) mass is 467 g/mol. The SMILES string of the molecule is O=C(COc1ccc(C2SCCCS2)cc1)N1CCc2sccc2C1c1ccccc1. The molecule has 3 nitrogen and oxygen atoms in total. The second-order valence-corrected chi connectivity index (χ2v) is 11.5. The number of thiophene rings is 1. The van der Waals surface area contributed by atoms with Crippen LogP contribution in [0.2, 0.25) is 0 Å². The van der Waals surface area contributed by atoms with Gasteiger partial charge in [-0.05, 0) is 64.6 Å². The molecule has 31 heavy (non-hydrogen) atoms. The van der Waals surface area contributed by atoms with Crippen LogP contribution < -0.4 is 4.74 Å². The second kappa shape index (κ2) is 9.72. The van der Waals surface area contributed by atoms with Crippen LogP contribution >= 0.6 is 34.9 Å². The zero-order valence-corrected chi connectivity index (χ0v) is 19.7. The number of carbonyl (C=O) groups is 1. The van der Waals surface area contributed by atoms with Crippen molar-refractivity contribution in [3.63, 3.8) is 0 Å². The minimum atomic E-state index is -0.0324. The number of ether oxygens (including phenoxy) is 1. The summed E-state index contributed by atoms with van der Waals surface area (Å²) in [6.45, 7) is 0.791. The molecule has 5 rings (SSSR count). The highest BCUT2D eigenvalue weighted by atomic mass is 32.2. The smallest absolute Gasteiger partial charge is 0.261 e. The summed E-state index contributed by atoms with van der Waals surface area (Å²) >= 11 is 5.82. The summed E-state index contributed by atoms with van der Waals surface area (Å²) in [5.74, 6) is 3.25. The Morgan fingerprint density at radius 1 is 0.968 bits per heavy atom. The highest BCUT2D eigenvalue weighted by Gasteiger charge is 2.32. The molecule has 2 aliphatic heterocycles. The molecule has 1 saturated heterocycles. The fraction of sp³-hybridized carbons (Fsp3) is 0.320. The Morgan fingerprint density at radius 3 is 2.52 bits per heavy atom. The van der Waals surface area contributed by atoms with Gasteiger partial charge in [0.15, 0.2) is 6.61 Å². The maximum absolute atomic E-state index is 13.2. The average molecular weight is 468 g/mol. The number of nitrogens with zero attached hydrogens (tertiary/aromatic N) is 1. The van der Waals surface area contributed by atoms with Crippen LogP contribution in [0.3, 0.4) is 0 Å². The highest BCUT2D eigenvalue weighted by molar-refractivity contribution is 8.16. The lowest BCUT2D eigenvalue weighted by molar-refractivity contribution is -0.135. The van der Waals surface area contributed by atoms with Crippen molar-refractivity contribution in [2.45, 2.75) is 23.5 Å². The minimum Gasteiger partial charge on any atom is -0.484 e. The maximum Gasteiger partial charge on any atom is 0.261 e. The first kappa shape index (κ1) is 21.0. The van der Waals surface area contributed by atoms with E-state index in [0.29, 0.717) is 4.58 Å². The first-order valence-corrected chi connectivity index (χ1v) is 13.6. The summed E-state index contributed by atoms with van der Waals surface area (Å²) in [5.41, 5.74) is 3.74. The number of rotatable bonds is 5. The predicted octanol–water partition coefficient (Wildman–Crippen LogP) is 6.17. The van der Waals surface area contributed by atoms with E-state index in [2.05, 4.69) is 35.7 Å². The molecule has 2 aliphatic rings. The summed E-state index contributed by atoms with van der Waals surface area (Å²) in [4.78, 5) is 16.6. The number of fused-ring (bicyclic) bond motifs is 1. The van der Waals surface area contributed by atoms with E-state index >= 15 is 0 Å². The van der Waals surface area contributed by atoms with Gasteiger partial charge in [-0.25, -0.2) is 0 Å². The lowest BCUT2D eigenvalue weighted by Crippen LogP contribution is -2.42. The molecule has 3 heterocycles. The highest BCUT2D eigenvalue weighted by Crippen LogP contribution is 2.44. The van der Waals surface area contributed by atoms with Crippen LogP contribution in [0.25, 0.3) is 0 Å². The van der Waals surface area contributed by atoms with E-state index in [0.717, 1.165) is 24.3 Å². The van der Waals surface area contributed by atoms with E-state index in [9.17, 15) is 4.79 Å². The van der Waals surface area contributed by atoms with Crippen molar-refractivity contribution < 1.29 is 9.53 Å². The van der Waals surface area contributed by atoms with Crippen molar-refractivity contribution in [3.05, 3.63) is 87.6 Å². The zero-order valence-electron chi connectivity index (χ0n) is 17.2. The topological polar surface area (TPSA) is 29.5 Å². The number of thioether (sulfide) groups is 2. The van der Waals surface area contributed by atoms with E-state index in [4.69, 9.17) is 4.74 Å².